The maximum absolute atomic E-state index is 12.4. The van der Waals surface area contributed by atoms with Crippen LogP contribution in [0, 0.1) is 0 Å². The van der Waals surface area contributed by atoms with Crippen LogP contribution in [-0.2, 0) is 4.74 Å². The maximum atomic E-state index is 12.4. The van der Waals surface area contributed by atoms with E-state index in [0.29, 0.717) is 17.8 Å². The van der Waals surface area contributed by atoms with Crippen LogP contribution in [0.2, 0.25) is 0 Å². The lowest BCUT2D eigenvalue weighted by Crippen LogP contribution is -2.28. The van der Waals surface area contributed by atoms with Gasteiger partial charge in [0.2, 0.25) is 0 Å². The summed E-state index contributed by atoms with van der Waals surface area (Å²) in [5.41, 5.74) is 1.18. The molecular formula is C20H24N4O4. The summed E-state index contributed by atoms with van der Waals surface area (Å²) in [5, 5.41) is 5.47. The second-order valence-corrected chi connectivity index (χ2v) is 6.34. The molecule has 1 aromatic carbocycles. The van der Waals surface area contributed by atoms with E-state index in [-0.39, 0.29) is 17.3 Å². The lowest BCUT2D eigenvalue weighted by Gasteiger charge is -2.10. The average Bonchev–Trinajstić information content (AvgIpc) is 2.71. The standard InChI is InChI=1S/C20H24N4O4/c1-24(2)13-5-12-21-18(25)16-6-4-7-17(23-16)19(26)22-15-10-8-14(9-11-15)20(27)28-3/h4,6-11H,5,12-13H2,1-3H3,(H,21,25)(H,22,26). The van der Waals surface area contributed by atoms with Gasteiger partial charge in [-0.3, -0.25) is 9.59 Å². The monoisotopic (exact) mass is 384 g/mol. The number of aromatic nitrogens is 1. The minimum atomic E-state index is -0.455. The van der Waals surface area contributed by atoms with Crippen molar-refractivity contribution in [3.8, 4) is 0 Å². The number of ether oxygens (including phenoxy) is 1. The Balaban J connectivity index is 1.97. The largest absolute Gasteiger partial charge is 0.465 e. The Bertz CT molecular complexity index is 834. The molecule has 0 aliphatic heterocycles. The van der Waals surface area contributed by atoms with E-state index in [1.54, 1.807) is 36.4 Å². The number of carbonyl (C=O) groups is 3. The van der Waals surface area contributed by atoms with Gasteiger partial charge in [0.15, 0.2) is 0 Å². The van der Waals surface area contributed by atoms with Crippen molar-refractivity contribution < 1.29 is 19.1 Å². The minimum Gasteiger partial charge on any atom is -0.465 e. The van der Waals surface area contributed by atoms with Gasteiger partial charge in [0.25, 0.3) is 11.8 Å². The van der Waals surface area contributed by atoms with E-state index >= 15 is 0 Å². The van der Waals surface area contributed by atoms with Crippen molar-refractivity contribution in [1.82, 2.24) is 15.2 Å². The zero-order valence-corrected chi connectivity index (χ0v) is 16.2. The van der Waals surface area contributed by atoms with Gasteiger partial charge in [-0.15, -0.1) is 0 Å². The first-order valence-electron chi connectivity index (χ1n) is 8.80. The molecule has 28 heavy (non-hydrogen) atoms. The molecule has 148 valence electrons. The number of esters is 1. The summed E-state index contributed by atoms with van der Waals surface area (Å²) < 4.78 is 4.63. The molecule has 0 radical (unpaired) electrons. The number of carbonyl (C=O) groups excluding carboxylic acids is 3. The summed E-state index contributed by atoms with van der Waals surface area (Å²) in [6.07, 6.45) is 0.820. The van der Waals surface area contributed by atoms with Crippen LogP contribution in [0.1, 0.15) is 37.8 Å². The van der Waals surface area contributed by atoms with E-state index in [1.165, 1.54) is 13.2 Å². The van der Waals surface area contributed by atoms with Crippen molar-refractivity contribution in [2.75, 3.05) is 39.6 Å². The number of pyridine rings is 1. The molecule has 0 aliphatic rings. The third-order valence-corrected chi connectivity index (χ3v) is 3.85. The van der Waals surface area contributed by atoms with E-state index in [4.69, 9.17) is 0 Å². The Labute approximate surface area is 163 Å². The fourth-order valence-corrected chi connectivity index (χ4v) is 2.38. The van der Waals surface area contributed by atoms with E-state index in [9.17, 15) is 14.4 Å². The zero-order chi connectivity index (χ0) is 20.5. The fourth-order valence-electron chi connectivity index (χ4n) is 2.38. The zero-order valence-electron chi connectivity index (χ0n) is 16.2. The van der Waals surface area contributed by atoms with Gasteiger partial charge in [0.05, 0.1) is 12.7 Å². The highest BCUT2D eigenvalue weighted by Gasteiger charge is 2.13. The molecule has 2 amide bonds. The molecule has 8 heteroatoms. The highest BCUT2D eigenvalue weighted by atomic mass is 16.5. The Kier molecular flexibility index (Phi) is 7.65. The summed E-state index contributed by atoms with van der Waals surface area (Å²) in [7, 11) is 5.23. The first-order valence-corrected chi connectivity index (χ1v) is 8.80. The third kappa shape index (κ3) is 6.17. The smallest absolute Gasteiger partial charge is 0.337 e. The van der Waals surface area contributed by atoms with Gasteiger partial charge in [0.1, 0.15) is 11.4 Å². The molecular weight excluding hydrogens is 360 g/mol. The van der Waals surface area contributed by atoms with Gasteiger partial charge >= 0.3 is 5.97 Å². The molecule has 2 N–H and O–H groups in total. The van der Waals surface area contributed by atoms with Crippen LogP contribution in [0.4, 0.5) is 5.69 Å². The van der Waals surface area contributed by atoms with Gasteiger partial charge in [-0.1, -0.05) is 6.07 Å². The van der Waals surface area contributed by atoms with Crippen LogP contribution in [0.3, 0.4) is 0 Å². The molecule has 2 aromatic rings. The molecule has 8 nitrogen and oxygen atoms in total. The van der Waals surface area contributed by atoms with Gasteiger partial charge in [-0.2, -0.15) is 0 Å². The van der Waals surface area contributed by atoms with E-state index in [1.807, 2.05) is 19.0 Å². The number of hydrogen-bond acceptors (Lipinski definition) is 6. The van der Waals surface area contributed by atoms with Gasteiger partial charge in [0, 0.05) is 12.2 Å². The Morgan fingerprint density at radius 1 is 1.00 bits per heavy atom. The molecule has 0 atom stereocenters. The number of nitrogens with one attached hydrogen (secondary N) is 2. The number of hydrogen-bond donors (Lipinski definition) is 2. The van der Waals surface area contributed by atoms with Crippen molar-refractivity contribution in [3.05, 3.63) is 59.4 Å². The predicted molar refractivity (Wildman–Crippen MR) is 105 cm³/mol. The number of methoxy groups -OCH3 is 1. The second-order valence-electron chi connectivity index (χ2n) is 6.34. The van der Waals surface area contributed by atoms with Crippen molar-refractivity contribution >= 4 is 23.5 Å². The number of anilines is 1. The Morgan fingerprint density at radius 2 is 1.64 bits per heavy atom. The molecule has 0 saturated carbocycles. The number of nitrogens with zero attached hydrogens (tertiary/aromatic N) is 2. The van der Waals surface area contributed by atoms with Crippen LogP contribution in [-0.4, -0.2) is 62.0 Å². The first kappa shape index (κ1) is 21.0. The summed E-state index contributed by atoms with van der Waals surface area (Å²) in [4.78, 5) is 42.2. The summed E-state index contributed by atoms with van der Waals surface area (Å²) in [5.74, 6) is -1.23. The molecule has 1 heterocycles. The first-order chi connectivity index (χ1) is 13.4. The third-order valence-electron chi connectivity index (χ3n) is 3.85. The van der Waals surface area contributed by atoms with E-state index in [2.05, 4.69) is 20.4 Å². The molecule has 0 saturated heterocycles. The van der Waals surface area contributed by atoms with Crippen LogP contribution >= 0.6 is 0 Å². The molecule has 0 unspecified atom stereocenters. The SMILES string of the molecule is COC(=O)c1ccc(NC(=O)c2cccc(C(=O)NCCCN(C)C)n2)cc1. The summed E-state index contributed by atoms with van der Waals surface area (Å²) >= 11 is 0. The normalized spacial score (nSPS) is 10.4. The van der Waals surface area contributed by atoms with Gasteiger partial charge < -0.3 is 20.3 Å². The highest BCUT2D eigenvalue weighted by molar-refractivity contribution is 6.04. The van der Waals surface area contributed by atoms with Crippen molar-refractivity contribution in [2.45, 2.75) is 6.42 Å². The van der Waals surface area contributed by atoms with Crippen LogP contribution in [0.5, 0.6) is 0 Å². The van der Waals surface area contributed by atoms with Crippen LogP contribution in [0.15, 0.2) is 42.5 Å². The quantitative estimate of drug-likeness (QED) is 0.532. The lowest BCUT2D eigenvalue weighted by molar-refractivity contribution is 0.0600. The molecule has 0 bridgehead atoms. The number of amides is 2. The fraction of sp³-hybridized carbons (Fsp3) is 0.300. The average molecular weight is 384 g/mol. The van der Waals surface area contributed by atoms with Crippen molar-refractivity contribution in [3.63, 3.8) is 0 Å². The molecule has 1 aromatic heterocycles. The summed E-state index contributed by atoms with van der Waals surface area (Å²) in [6.45, 7) is 1.40. The van der Waals surface area contributed by atoms with E-state index < -0.39 is 11.9 Å². The van der Waals surface area contributed by atoms with Crippen molar-refractivity contribution in [1.29, 1.82) is 0 Å². The molecule has 0 aliphatic carbocycles. The Morgan fingerprint density at radius 3 is 2.25 bits per heavy atom. The number of rotatable bonds is 8. The maximum Gasteiger partial charge on any atom is 0.337 e. The highest BCUT2D eigenvalue weighted by Crippen LogP contribution is 2.12. The topological polar surface area (TPSA) is 101 Å². The summed E-state index contributed by atoms with van der Waals surface area (Å²) in [6, 6.07) is 11.0. The predicted octanol–water partition coefficient (Wildman–Crippen LogP) is 1.80. The number of benzene rings is 1. The molecule has 0 fully saturated rings. The minimum absolute atomic E-state index is 0.123. The molecule has 0 spiro atoms. The van der Waals surface area contributed by atoms with E-state index in [0.717, 1.165) is 13.0 Å². The Hall–Kier alpha value is -3.26. The lowest BCUT2D eigenvalue weighted by atomic mass is 10.2. The van der Waals surface area contributed by atoms with Gasteiger partial charge in [-0.25, -0.2) is 9.78 Å². The van der Waals surface area contributed by atoms with Crippen molar-refractivity contribution in [2.24, 2.45) is 0 Å². The van der Waals surface area contributed by atoms with Crippen LogP contribution in [0.25, 0.3) is 0 Å². The molecule has 2 rings (SSSR count). The van der Waals surface area contributed by atoms with Gasteiger partial charge in [-0.05, 0) is 63.5 Å². The second kappa shape index (κ2) is 10.2. The van der Waals surface area contributed by atoms with Crippen LogP contribution < -0.4 is 10.6 Å².